The van der Waals surface area contributed by atoms with E-state index in [9.17, 15) is 4.79 Å². The van der Waals surface area contributed by atoms with Crippen molar-refractivity contribution < 1.29 is 14.1 Å². The third-order valence-electron chi connectivity index (χ3n) is 4.26. The standard InChI is InChI=1S/C21H22ClN3O3/c1-4-17(27-18-11-13(2)5-6-14(18)3)21(26)23-12-19-24-20(25-28-19)15-7-9-16(22)10-8-15/h5-11,17H,4,12H2,1-3H3,(H,23,26). The minimum Gasteiger partial charge on any atom is -0.480 e. The average Bonchev–Trinajstić information content (AvgIpc) is 3.16. The Labute approximate surface area is 168 Å². The van der Waals surface area contributed by atoms with Crippen molar-refractivity contribution in [3.63, 3.8) is 0 Å². The van der Waals surface area contributed by atoms with Crippen LogP contribution in [-0.2, 0) is 11.3 Å². The van der Waals surface area contributed by atoms with Gasteiger partial charge in [0, 0.05) is 10.6 Å². The van der Waals surface area contributed by atoms with Crippen LogP contribution in [0.4, 0.5) is 0 Å². The van der Waals surface area contributed by atoms with Gasteiger partial charge < -0.3 is 14.6 Å². The van der Waals surface area contributed by atoms with Crippen LogP contribution in [0.15, 0.2) is 47.0 Å². The van der Waals surface area contributed by atoms with Crippen LogP contribution in [0, 0.1) is 13.8 Å². The maximum absolute atomic E-state index is 12.5. The smallest absolute Gasteiger partial charge is 0.261 e. The highest BCUT2D eigenvalue weighted by Gasteiger charge is 2.20. The van der Waals surface area contributed by atoms with Crippen molar-refractivity contribution >= 4 is 17.5 Å². The number of amides is 1. The quantitative estimate of drug-likeness (QED) is 0.633. The summed E-state index contributed by atoms with van der Waals surface area (Å²) in [6, 6.07) is 13.0. The fourth-order valence-corrected chi connectivity index (χ4v) is 2.76. The van der Waals surface area contributed by atoms with Gasteiger partial charge in [-0.15, -0.1) is 0 Å². The van der Waals surface area contributed by atoms with E-state index in [0.29, 0.717) is 28.9 Å². The lowest BCUT2D eigenvalue weighted by Gasteiger charge is -2.18. The summed E-state index contributed by atoms with van der Waals surface area (Å²) in [5, 5.41) is 7.37. The molecule has 0 aliphatic heterocycles. The number of carbonyl (C=O) groups is 1. The largest absolute Gasteiger partial charge is 0.480 e. The number of benzene rings is 2. The molecule has 1 aromatic heterocycles. The predicted octanol–water partition coefficient (Wildman–Crippen LogP) is 4.48. The number of hydrogen-bond acceptors (Lipinski definition) is 5. The number of nitrogens with one attached hydrogen (secondary N) is 1. The molecule has 0 aliphatic carbocycles. The molecule has 1 amide bonds. The maximum atomic E-state index is 12.5. The molecule has 0 spiro atoms. The maximum Gasteiger partial charge on any atom is 0.261 e. The molecule has 3 aromatic rings. The predicted molar refractivity (Wildman–Crippen MR) is 107 cm³/mol. The van der Waals surface area contributed by atoms with Gasteiger partial charge in [-0.2, -0.15) is 4.98 Å². The second kappa shape index (κ2) is 8.89. The van der Waals surface area contributed by atoms with Gasteiger partial charge in [0.05, 0.1) is 6.54 Å². The van der Waals surface area contributed by atoms with Crippen molar-refractivity contribution in [1.29, 1.82) is 0 Å². The minimum absolute atomic E-state index is 0.131. The van der Waals surface area contributed by atoms with Crippen LogP contribution in [0.25, 0.3) is 11.4 Å². The molecule has 2 aromatic carbocycles. The summed E-state index contributed by atoms with van der Waals surface area (Å²) < 4.78 is 11.1. The molecule has 1 heterocycles. The summed E-state index contributed by atoms with van der Waals surface area (Å²) in [7, 11) is 0. The van der Waals surface area contributed by atoms with Gasteiger partial charge in [0.1, 0.15) is 5.75 Å². The molecule has 1 N–H and O–H groups in total. The summed E-state index contributed by atoms with van der Waals surface area (Å²) in [4.78, 5) is 16.8. The van der Waals surface area contributed by atoms with Crippen molar-refractivity contribution in [2.45, 2.75) is 39.8 Å². The van der Waals surface area contributed by atoms with E-state index in [1.165, 1.54) is 0 Å². The van der Waals surface area contributed by atoms with Crippen molar-refractivity contribution in [3.05, 3.63) is 64.5 Å². The van der Waals surface area contributed by atoms with E-state index >= 15 is 0 Å². The number of aromatic nitrogens is 2. The number of rotatable bonds is 7. The van der Waals surface area contributed by atoms with Gasteiger partial charge in [-0.1, -0.05) is 35.8 Å². The third-order valence-corrected chi connectivity index (χ3v) is 4.51. The Kier molecular flexibility index (Phi) is 6.31. The summed E-state index contributed by atoms with van der Waals surface area (Å²) in [5.74, 6) is 1.25. The first-order chi connectivity index (χ1) is 13.5. The summed E-state index contributed by atoms with van der Waals surface area (Å²) in [6.07, 6.45) is -0.0573. The van der Waals surface area contributed by atoms with Crippen LogP contribution in [0.2, 0.25) is 5.02 Å². The third kappa shape index (κ3) is 4.89. The van der Waals surface area contributed by atoms with Crippen LogP contribution in [0.5, 0.6) is 5.75 Å². The van der Waals surface area contributed by atoms with E-state index in [-0.39, 0.29) is 12.5 Å². The lowest BCUT2D eigenvalue weighted by Crippen LogP contribution is -2.37. The van der Waals surface area contributed by atoms with E-state index in [1.54, 1.807) is 24.3 Å². The molecule has 6 nitrogen and oxygen atoms in total. The van der Waals surface area contributed by atoms with Crippen LogP contribution in [0.3, 0.4) is 0 Å². The Balaban J connectivity index is 1.61. The Hall–Kier alpha value is -2.86. The van der Waals surface area contributed by atoms with Gasteiger partial charge in [0.15, 0.2) is 6.10 Å². The topological polar surface area (TPSA) is 77.2 Å². The first-order valence-corrected chi connectivity index (χ1v) is 9.44. The molecular weight excluding hydrogens is 378 g/mol. The van der Waals surface area contributed by atoms with Gasteiger partial charge >= 0.3 is 0 Å². The van der Waals surface area contributed by atoms with Crippen LogP contribution in [0.1, 0.15) is 30.4 Å². The van der Waals surface area contributed by atoms with Crippen molar-refractivity contribution in [2.24, 2.45) is 0 Å². The second-order valence-electron chi connectivity index (χ2n) is 6.52. The van der Waals surface area contributed by atoms with E-state index in [4.69, 9.17) is 20.9 Å². The van der Waals surface area contributed by atoms with Gasteiger partial charge in [0.25, 0.3) is 5.91 Å². The van der Waals surface area contributed by atoms with E-state index < -0.39 is 6.10 Å². The molecule has 1 atom stereocenters. The van der Waals surface area contributed by atoms with Gasteiger partial charge in [-0.25, -0.2) is 0 Å². The number of aryl methyl sites for hydroxylation is 2. The minimum atomic E-state index is -0.598. The molecule has 0 saturated heterocycles. The number of ether oxygens (including phenoxy) is 1. The SMILES string of the molecule is CCC(Oc1cc(C)ccc1C)C(=O)NCc1nc(-c2ccc(Cl)cc2)no1. The van der Waals surface area contributed by atoms with Crippen molar-refractivity contribution in [1.82, 2.24) is 15.5 Å². The summed E-state index contributed by atoms with van der Waals surface area (Å²) in [5.41, 5.74) is 2.85. The molecule has 1 unspecified atom stereocenters. The zero-order valence-electron chi connectivity index (χ0n) is 16.0. The first kappa shape index (κ1) is 19.9. The molecule has 0 fully saturated rings. The molecule has 146 valence electrons. The first-order valence-electron chi connectivity index (χ1n) is 9.06. The second-order valence-corrected chi connectivity index (χ2v) is 6.96. The van der Waals surface area contributed by atoms with Crippen LogP contribution in [-0.4, -0.2) is 22.2 Å². The van der Waals surface area contributed by atoms with Crippen molar-refractivity contribution in [2.75, 3.05) is 0 Å². The zero-order chi connectivity index (χ0) is 20.1. The van der Waals surface area contributed by atoms with E-state index in [1.807, 2.05) is 39.0 Å². The number of carbonyl (C=O) groups excluding carboxylic acids is 1. The molecule has 3 rings (SSSR count). The number of hydrogen-bond donors (Lipinski definition) is 1. The van der Waals surface area contributed by atoms with E-state index in [0.717, 1.165) is 16.7 Å². The van der Waals surface area contributed by atoms with Crippen molar-refractivity contribution in [3.8, 4) is 17.1 Å². The Morgan fingerprint density at radius 2 is 1.96 bits per heavy atom. The highest BCUT2D eigenvalue weighted by molar-refractivity contribution is 6.30. The lowest BCUT2D eigenvalue weighted by atomic mass is 10.1. The van der Waals surface area contributed by atoms with Crippen LogP contribution >= 0.6 is 11.6 Å². The van der Waals surface area contributed by atoms with Gasteiger partial charge in [-0.3, -0.25) is 4.79 Å². The van der Waals surface area contributed by atoms with Gasteiger partial charge in [0.2, 0.25) is 11.7 Å². The summed E-state index contributed by atoms with van der Waals surface area (Å²) in [6.45, 7) is 5.98. The Morgan fingerprint density at radius 3 is 2.68 bits per heavy atom. The summed E-state index contributed by atoms with van der Waals surface area (Å²) >= 11 is 5.89. The molecule has 0 radical (unpaired) electrons. The molecule has 7 heteroatoms. The molecule has 28 heavy (non-hydrogen) atoms. The highest BCUT2D eigenvalue weighted by atomic mass is 35.5. The monoisotopic (exact) mass is 399 g/mol. The average molecular weight is 400 g/mol. The number of halogens is 1. The molecule has 0 saturated carbocycles. The zero-order valence-corrected chi connectivity index (χ0v) is 16.8. The van der Waals surface area contributed by atoms with Crippen LogP contribution < -0.4 is 10.1 Å². The molecule has 0 aliphatic rings. The molecular formula is C21H22ClN3O3. The fourth-order valence-electron chi connectivity index (χ4n) is 2.63. The number of nitrogens with zero attached hydrogens (tertiary/aromatic N) is 2. The molecule has 0 bridgehead atoms. The Bertz CT molecular complexity index is 954. The van der Waals surface area contributed by atoms with Gasteiger partial charge in [-0.05, 0) is 61.7 Å². The normalized spacial score (nSPS) is 11.9. The highest BCUT2D eigenvalue weighted by Crippen LogP contribution is 2.22. The fraction of sp³-hybridized carbons (Fsp3) is 0.286. The Morgan fingerprint density at radius 1 is 1.21 bits per heavy atom. The lowest BCUT2D eigenvalue weighted by molar-refractivity contribution is -0.128. The van der Waals surface area contributed by atoms with E-state index in [2.05, 4.69) is 15.5 Å².